The molecule has 0 amide bonds. The van der Waals surface area contributed by atoms with Gasteiger partial charge in [0.25, 0.3) is 0 Å². The van der Waals surface area contributed by atoms with E-state index in [2.05, 4.69) is 15.0 Å². The minimum atomic E-state index is 0. The van der Waals surface area contributed by atoms with Crippen molar-refractivity contribution < 1.29 is 5.71 Å². The van der Waals surface area contributed by atoms with Crippen molar-refractivity contribution in [2.24, 2.45) is 0 Å². The number of hydrogen-bond acceptors (Lipinski definition) is 6. The molecule has 0 aliphatic rings. The molecule has 1 heterocycles. The summed E-state index contributed by atoms with van der Waals surface area (Å²) in [5, 5.41) is 0. The summed E-state index contributed by atoms with van der Waals surface area (Å²) in [5.41, 5.74) is 15.4. The van der Waals surface area contributed by atoms with Gasteiger partial charge in [-0.15, -0.1) is 0 Å². The molecule has 0 aromatic carbocycles. The molecule has 6 nitrogen and oxygen atoms in total. The minimum Gasteiger partial charge on any atom is -1.00 e. The van der Waals surface area contributed by atoms with Gasteiger partial charge < -0.3 is 22.9 Å². The number of rotatable bonds is 0. The molecule has 0 bridgehead atoms. The van der Waals surface area contributed by atoms with Crippen LogP contribution in [0.5, 0.6) is 0 Å². The van der Waals surface area contributed by atoms with Gasteiger partial charge in [-0.3, -0.25) is 0 Å². The van der Waals surface area contributed by atoms with E-state index in [1.807, 2.05) is 0 Å². The molecule has 0 spiro atoms. The zero-order valence-corrected chi connectivity index (χ0v) is 9.61. The first-order valence-electron chi connectivity index (χ1n) is 2.21. The third kappa shape index (κ3) is 4.80. The number of aromatic nitrogens is 3. The fraction of sp³-hybridized carbons (Fsp3) is 0. The Bertz CT molecular complexity index is 191. The molecule has 6 N–H and O–H groups in total. The van der Waals surface area contributed by atoms with Crippen molar-refractivity contribution >= 4 is 78.6 Å². The Morgan fingerprint density at radius 1 is 0.818 bits per heavy atom. The summed E-state index contributed by atoms with van der Waals surface area (Å²) in [7, 11) is 0. The molecular weight excluding hydrogens is 184 g/mol. The van der Waals surface area contributed by atoms with E-state index in [0.29, 0.717) is 0 Å². The van der Waals surface area contributed by atoms with E-state index < -0.39 is 0 Å². The summed E-state index contributed by atoms with van der Waals surface area (Å²) in [4.78, 5) is 10.5. The Morgan fingerprint density at radius 2 is 1.00 bits per heavy atom. The molecule has 0 saturated heterocycles. The molecule has 1 aromatic rings. The first kappa shape index (κ1) is 14.0. The maximum Gasteiger partial charge on any atom is 2.00 e. The normalized spacial score (nSPS) is 7.64. The fourth-order valence-electron chi connectivity index (χ4n) is 0.427. The van der Waals surface area contributed by atoms with Crippen LogP contribution in [0, 0.1) is 0 Å². The van der Waals surface area contributed by atoms with Gasteiger partial charge in [0, 0.05) is 0 Å². The van der Waals surface area contributed by atoms with Crippen molar-refractivity contribution in [1.82, 2.24) is 15.0 Å². The van der Waals surface area contributed by atoms with Crippen LogP contribution in [-0.2, 0) is 0 Å². The van der Waals surface area contributed by atoms with Crippen molar-refractivity contribution in [2.45, 2.75) is 0 Å². The molecule has 0 radical (unpaired) electrons. The van der Waals surface area contributed by atoms with Gasteiger partial charge in [-0.05, 0) is 0 Å². The molecule has 0 atom stereocenters. The summed E-state index contributed by atoms with van der Waals surface area (Å²) in [6.45, 7) is 0. The number of nitrogens with two attached hydrogens (primary N) is 3. The molecule has 11 heavy (non-hydrogen) atoms. The summed E-state index contributed by atoms with van der Waals surface area (Å²) in [5.74, 6) is 0.125. The van der Waals surface area contributed by atoms with Gasteiger partial charge in [-0.2, -0.15) is 15.0 Å². The molecule has 0 saturated carbocycles. The monoisotopic (exact) mass is 194 g/mol. The standard InChI is InChI=1S/C3H6N6.Ca.Mg.4H/c4-1-7-2(5)9-3(6)8-1;;;;;;/h(H6,4,5,6,7,8,9);;;;;;/q;2*+2;4*-1. The van der Waals surface area contributed by atoms with E-state index in [-0.39, 0.29) is 84.3 Å². The van der Waals surface area contributed by atoms with Crippen molar-refractivity contribution in [3.05, 3.63) is 0 Å². The molecule has 0 aliphatic heterocycles. The van der Waals surface area contributed by atoms with Crippen molar-refractivity contribution in [2.75, 3.05) is 17.2 Å². The third-order valence-corrected chi connectivity index (χ3v) is 0.687. The number of anilines is 3. The predicted molar refractivity (Wildman–Crippen MR) is 49.0 cm³/mol. The maximum atomic E-state index is 5.14. The van der Waals surface area contributed by atoms with Gasteiger partial charge in [0.15, 0.2) is 0 Å². The van der Waals surface area contributed by atoms with Crippen molar-refractivity contribution in [3.8, 4) is 0 Å². The second kappa shape index (κ2) is 6.01. The molecule has 56 valence electrons. The van der Waals surface area contributed by atoms with E-state index in [4.69, 9.17) is 17.2 Å². The molecular formula is C3H10CaMgN6. The molecule has 1 aromatic heterocycles. The summed E-state index contributed by atoms with van der Waals surface area (Å²) in [6.07, 6.45) is 0. The minimum absolute atomic E-state index is 0. The van der Waals surface area contributed by atoms with Crippen LogP contribution in [0.4, 0.5) is 17.8 Å². The summed E-state index contributed by atoms with van der Waals surface area (Å²) < 4.78 is 0. The average Bonchev–Trinajstić information content (AvgIpc) is 1.59. The molecule has 0 aliphatic carbocycles. The van der Waals surface area contributed by atoms with E-state index >= 15 is 0 Å². The van der Waals surface area contributed by atoms with Gasteiger partial charge in [0.2, 0.25) is 17.8 Å². The van der Waals surface area contributed by atoms with Crippen molar-refractivity contribution in [1.29, 1.82) is 0 Å². The maximum absolute atomic E-state index is 5.14. The van der Waals surface area contributed by atoms with Gasteiger partial charge in [-0.25, -0.2) is 0 Å². The van der Waals surface area contributed by atoms with Crippen LogP contribution in [-0.4, -0.2) is 75.7 Å². The molecule has 0 fully saturated rings. The Kier molecular flexibility index (Phi) is 7.64. The Morgan fingerprint density at radius 3 is 1.18 bits per heavy atom. The first-order chi connectivity index (χ1) is 4.18. The topological polar surface area (TPSA) is 117 Å². The van der Waals surface area contributed by atoms with E-state index in [1.54, 1.807) is 0 Å². The second-order valence-electron chi connectivity index (χ2n) is 1.41. The van der Waals surface area contributed by atoms with Crippen LogP contribution in [0.3, 0.4) is 0 Å². The smallest absolute Gasteiger partial charge is 1.00 e. The fourth-order valence-corrected chi connectivity index (χ4v) is 0.427. The van der Waals surface area contributed by atoms with Gasteiger partial charge in [0.05, 0.1) is 0 Å². The molecule has 0 unspecified atom stereocenters. The molecule has 1 rings (SSSR count). The number of nitrogen functional groups attached to an aromatic ring is 3. The first-order valence-corrected chi connectivity index (χ1v) is 2.21. The van der Waals surface area contributed by atoms with Crippen LogP contribution < -0.4 is 17.2 Å². The average molecular weight is 195 g/mol. The van der Waals surface area contributed by atoms with Crippen molar-refractivity contribution in [3.63, 3.8) is 0 Å². The Hall–Kier alpha value is 0.436. The second-order valence-corrected chi connectivity index (χ2v) is 1.41. The zero-order valence-electron chi connectivity index (χ0n) is 9.99. The van der Waals surface area contributed by atoms with E-state index in [0.717, 1.165) is 0 Å². The Balaban J connectivity index is -0.0000000337. The van der Waals surface area contributed by atoms with Crippen LogP contribution in [0.25, 0.3) is 0 Å². The van der Waals surface area contributed by atoms with Gasteiger partial charge in [-0.1, -0.05) is 0 Å². The largest absolute Gasteiger partial charge is 2.00 e. The number of nitrogens with zero attached hydrogens (tertiary/aromatic N) is 3. The molecule has 8 heteroatoms. The van der Waals surface area contributed by atoms with Crippen LogP contribution in [0.2, 0.25) is 0 Å². The summed E-state index contributed by atoms with van der Waals surface area (Å²) in [6, 6.07) is 0. The van der Waals surface area contributed by atoms with Gasteiger partial charge >= 0.3 is 60.8 Å². The van der Waals surface area contributed by atoms with Crippen LogP contribution in [0.1, 0.15) is 5.71 Å². The van der Waals surface area contributed by atoms with E-state index in [1.165, 1.54) is 0 Å². The quantitative estimate of drug-likeness (QED) is 0.424. The van der Waals surface area contributed by atoms with Crippen LogP contribution >= 0.6 is 0 Å². The number of hydrogen-bond donors (Lipinski definition) is 3. The third-order valence-electron chi connectivity index (χ3n) is 0.687. The van der Waals surface area contributed by atoms with Gasteiger partial charge in [0.1, 0.15) is 0 Å². The van der Waals surface area contributed by atoms with Crippen LogP contribution in [0.15, 0.2) is 0 Å². The van der Waals surface area contributed by atoms with E-state index in [9.17, 15) is 0 Å². The summed E-state index contributed by atoms with van der Waals surface area (Å²) >= 11 is 0. The SMILES string of the molecule is Nc1nc(N)nc(N)n1.[Ca+2].[H-].[H-].[H-].[H-].[Mg+2]. The predicted octanol–water partition coefficient (Wildman–Crippen LogP) is -1.69. The zero-order chi connectivity index (χ0) is 6.85. The Labute approximate surface area is 115 Å².